The minimum Gasteiger partial charge on any atom is -0.496 e. The third-order valence-electron chi connectivity index (χ3n) is 2.46. The monoisotopic (exact) mass is 262 g/mol. The summed E-state index contributed by atoms with van der Waals surface area (Å²) in [6.07, 6.45) is 1.97. The first-order valence-electron chi connectivity index (χ1n) is 5.30. The Morgan fingerprint density at radius 2 is 2.32 bits per heavy atom. The minimum absolute atomic E-state index is 0.228. The first kappa shape index (κ1) is 12.7. The lowest BCUT2D eigenvalue weighted by Crippen LogP contribution is -2.04. The number of benzene rings is 1. The van der Waals surface area contributed by atoms with E-state index >= 15 is 0 Å². The normalized spacial score (nSPS) is 10.2. The van der Waals surface area contributed by atoms with Gasteiger partial charge in [-0.3, -0.25) is 4.79 Å². The van der Waals surface area contributed by atoms with E-state index in [-0.39, 0.29) is 6.54 Å². The van der Waals surface area contributed by atoms with Crippen molar-refractivity contribution in [3.05, 3.63) is 45.8 Å². The molecule has 0 amide bonds. The second-order valence-electron chi connectivity index (χ2n) is 3.69. The molecular weight excluding hydrogens is 252 g/mol. The summed E-state index contributed by atoms with van der Waals surface area (Å²) < 4.78 is 6.47. The molecule has 0 N–H and O–H groups in total. The lowest BCUT2D eigenvalue weighted by atomic mass is 10.1. The van der Waals surface area contributed by atoms with Gasteiger partial charge in [-0.15, -0.1) is 0 Å². The van der Waals surface area contributed by atoms with Crippen molar-refractivity contribution in [3.63, 3.8) is 0 Å². The maximum Gasteiger partial charge on any atom is 0.490 e. The number of rotatable bonds is 5. The van der Waals surface area contributed by atoms with Gasteiger partial charge in [0.1, 0.15) is 12.0 Å². The Bertz CT molecular complexity index is 623. The molecule has 0 saturated heterocycles. The summed E-state index contributed by atoms with van der Waals surface area (Å²) in [7, 11) is 1.50. The number of carbonyl (C=O) groups excluding carboxylic acids is 1. The Morgan fingerprint density at radius 1 is 1.53 bits per heavy atom. The van der Waals surface area contributed by atoms with Gasteiger partial charge in [0.15, 0.2) is 0 Å². The number of nitrogens with zero attached hydrogens (tertiary/aromatic N) is 4. The number of methoxy groups -OCH3 is 1. The van der Waals surface area contributed by atoms with Crippen LogP contribution in [0, 0.1) is 10.1 Å². The topological polar surface area (TPSA) is 100 Å². The first-order valence-corrected chi connectivity index (χ1v) is 5.30. The highest BCUT2D eigenvalue weighted by Crippen LogP contribution is 2.20. The molecule has 0 aliphatic carbocycles. The average molecular weight is 262 g/mol. The second kappa shape index (κ2) is 5.25. The van der Waals surface area contributed by atoms with Crippen molar-refractivity contribution in [2.45, 2.75) is 6.54 Å². The summed E-state index contributed by atoms with van der Waals surface area (Å²) in [4.78, 5) is 24.1. The fourth-order valence-corrected chi connectivity index (χ4v) is 1.61. The van der Waals surface area contributed by atoms with E-state index in [1.807, 2.05) is 0 Å². The molecule has 0 spiro atoms. The van der Waals surface area contributed by atoms with Crippen LogP contribution in [0.15, 0.2) is 24.5 Å². The highest BCUT2D eigenvalue weighted by atomic mass is 16.6. The van der Waals surface area contributed by atoms with Gasteiger partial charge in [-0.2, -0.15) is 4.68 Å². The van der Waals surface area contributed by atoms with Gasteiger partial charge in [-0.1, -0.05) is 4.98 Å². The zero-order valence-corrected chi connectivity index (χ0v) is 10.0. The molecule has 98 valence electrons. The zero-order chi connectivity index (χ0) is 13.8. The molecular formula is C11H10N4O4. The number of hydrogen-bond acceptors (Lipinski definition) is 6. The summed E-state index contributed by atoms with van der Waals surface area (Å²) in [5.41, 5.74) is 1.18. The second-order valence-corrected chi connectivity index (χ2v) is 3.69. The molecule has 0 atom stereocenters. The van der Waals surface area contributed by atoms with E-state index in [1.165, 1.54) is 18.1 Å². The molecule has 2 aromatic rings. The zero-order valence-electron chi connectivity index (χ0n) is 10.0. The molecule has 0 aliphatic heterocycles. The molecule has 1 aromatic carbocycles. The van der Waals surface area contributed by atoms with Crippen molar-refractivity contribution in [3.8, 4) is 5.75 Å². The highest BCUT2D eigenvalue weighted by Gasteiger charge is 2.14. The lowest BCUT2D eigenvalue weighted by molar-refractivity contribution is -0.394. The molecule has 2 rings (SSSR count). The summed E-state index contributed by atoms with van der Waals surface area (Å²) in [6, 6.07) is 4.92. The van der Waals surface area contributed by atoms with Crippen molar-refractivity contribution in [1.82, 2.24) is 14.8 Å². The summed E-state index contributed by atoms with van der Waals surface area (Å²) >= 11 is 0. The predicted molar refractivity (Wildman–Crippen MR) is 64.2 cm³/mol. The fourth-order valence-electron chi connectivity index (χ4n) is 1.61. The van der Waals surface area contributed by atoms with Crippen molar-refractivity contribution in [2.75, 3.05) is 7.11 Å². The van der Waals surface area contributed by atoms with E-state index in [1.54, 1.807) is 18.2 Å². The maximum absolute atomic E-state index is 10.7. The maximum atomic E-state index is 10.7. The molecule has 0 saturated carbocycles. The van der Waals surface area contributed by atoms with Crippen LogP contribution >= 0.6 is 0 Å². The van der Waals surface area contributed by atoms with E-state index in [4.69, 9.17) is 4.74 Å². The Hall–Kier alpha value is -2.77. The van der Waals surface area contributed by atoms with Crippen LogP contribution in [0.3, 0.4) is 0 Å². The van der Waals surface area contributed by atoms with E-state index in [9.17, 15) is 14.9 Å². The minimum atomic E-state index is -0.671. The average Bonchev–Trinajstić information content (AvgIpc) is 2.87. The lowest BCUT2D eigenvalue weighted by Gasteiger charge is -2.07. The van der Waals surface area contributed by atoms with Crippen LogP contribution in [-0.4, -0.2) is 33.1 Å². The molecule has 0 unspecified atom stereocenters. The third kappa shape index (κ3) is 2.73. The molecule has 1 heterocycles. The van der Waals surface area contributed by atoms with Gasteiger partial charge in [0.2, 0.25) is 6.33 Å². The Balaban J connectivity index is 2.30. The molecule has 8 heteroatoms. The van der Waals surface area contributed by atoms with E-state index in [0.29, 0.717) is 23.2 Å². The van der Waals surface area contributed by atoms with Gasteiger partial charge < -0.3 is 14.9 Å². The van der Waals surface area contributed by atoms with Crippen LogP contribution in [-0.2, 0) is 6.54 Å². The van der Waals surface area contributed by atoms with Gasteiger partial charge in [-0.05, 0) is 23.1 Å². The standard InChI is InChI=1S/C11H10N4O4/c1-19-10-3-2-8(6-16)4-9(10)5-14-7-12-11(13-14)15(17)18/h2-4,6-7H,5H2,1H3. The van der Waals surface area contributed by atoms with Crippen molar-refractivity contribution in [2.24, 2.45) is 0 Å². The van der Waals surface area contributed by atoms with Crippen LogP contribution in [0.4, 0.5) is 5.95 Å². The van der Waals surface area contributed by atoms with Crippen LogP contribution in [0.25, 0.3) is 0 Å². The number of aromatic nitrogens is 3. The number of hydrogen-bond donors (Lipinski definition) is 0. The molecule has 0 fully saturated rings. The SMILES string of the molecule is COc1ccc(C=O)cc1Cn1cnc([N+](=O)[O-])n1. The smallest absolute Gasteiger partial charge is 0.490 e. The predicted octanol–water partition coefficient (Wildman–Crippen LogP) is 1.06. The first-order chi connectivity index (χ1) is 9.13. The summed E-state index contributed by atoms with van der Waals surface area (Å²) in [6.45, 7) is 0.228. The largest absolute Gasteiger partial charge is 0.496 e. The number of carbonyl (C=O) groups is 1. The Labute approximate surface area is 107 Å². The van der Waals surface area contributed by atoms with Gasteiger partial charge in [-0.25, -0.2) is 0 Å². The molecule has 1 aromatic heterocycles. The van der Waals surface area contributed by atoms with Gasteiger partial charge in [0, 0.05) is 16.2 Å². The highest BCUT2D eigenvalue weighted by molar-refractivity contribution is 5.75. The number of ether oxygens (including phenoxy) is 1. The van der Waals surface area contributed by atoms with E-state index < -0.39 is 10.9 Å². The molecule has 19 heavy (non-hydrogen) atoms. The summed E-state index contributed by atoms with van der Waals surface area (Å²) in [5, 5.41) is 14.2. The Kier molecular flexibility index (Phi) is 3.51. The van der Waals surface area contributed by atoms with Crippen molar-refractivity contribution < 1.29 is 14.5 Å². The fraction of sp³-hybridized carbons (Fsp3) is 0.182. The molecule has 0 aliphatic rings. The quantitative estimate of drug-likeness (QED) is 0.453. The van der Waals surface area contributed by atoms with Gasteiger partial charge in [0.25, 0.3) is 0 Å². The van der Waals surface area contributed by atoms with Crippen molar-refractivity contribution >= 4 is 12.2 Å². The van der Waals surface area contributed by atoms with Crippen LogP contribution in [0.2, 0.25) is 0 Å². The van der Waals surface area contributed by atoms with Crippen LogP contribution in [0.5, 0.6) is 5.75 Å². The van der Waals surface area contributed by atoms with Gasteiger partial charge >= 0.3 is 5.95 Å². The van der Waals surface area contributed by atoms with Crippen LogP contribution < -0.4 is 4.74 Å². The summed E-state index contributed by atoms with van der Waals surface area (Å²) in [5.74, 6) is 0.106. The number of nitro groups is 1. The van der Waals surface area contributed by atoms with Crippen molar-refractivity contribution in [1.29, 1.82) is 0 Å². The van der Waals surface area contributed by atoms with Gasteiger partial charge in [0.05, 0.1) is 13.7 Å². The Morgan fingerprint density at radius 3 is 2.89 bits per heavy atom. The van der Waals surface area contributed by atoms with E-state index in [0.717, 1.165) is 0 Å². The molecule has 8 nitrogen and oxygen atoms in total. The molecule has 0 radical (unpaired) electrons. The number of aldehydes is 1. The van der Waals surface area contributed by atoms with E-state index in [2.05, 4.69) is 10.1 Å². The molecule has 0 bridgehead atoms. The third-order valence-corrected chi connectivity index (χ3v) is 2.46. The van der Waals surface area contributed by atoms with Crippen LogP contribution in [0.1, 0.15) is 15.9 Å².